The van der Waals surface area contributed by atoms with Crippen LogP contribution in [0.1, 0.15) is 24.1 Å². The molecule has 0 spiro atoms. The van der Waals surface area contributed by atoms with Gasteiger partial charge < -0.3 is 9.88 Å². The summed E-state index contributed by atoms with van der Waals surface area (Å²) < 4.78 is 0. The smallest absolute Gasteiger partial charge is 0.0922 e. The molecule has 0 radical (unpaired) electrons. The number of aromatic nitrogens is 2. The van der Waals surface area contributed by atoms with Crippen LogP contribution in [0.5, 0.6) is 0 Å². The van der Waals surface area contributed by atoms with Crippen LogP contribution >= 0.6 is 0 Å². The number of rotatable bonds is 4. The van der Waals surface area contributed by atoms with Crippen molar-refractivity contribution < 1.29 is 0 Å². The van der Waals surface area contributed by atoms with Crippen LogP contribution in [0, 0.1) is 6.92 Å². The van der Waals surface area contributed by atoms with E-state index in [1.165, 1.54) is 56.0 Å². The van der Waals surface area contributed by atoms with E-state index in [0.29, 0.717) is 6.04 Å². The van der Waals surface area contributed by atoms with E-state index in [9.17, 15) is 0 Å². The zero-order valence-corrected chi connectivity index (χ0v) is 15.2. The number of hydrogen-bond acceptors (Lipinski definition) is 4. The van der Waals surface area contributed by atoms with Crippen molar-refractivity contribution in [1.29, 1.82) is 0 Å². The molecule has 2 saturated heterocycles. The Hall–Kier alpha value is -1.85. The van der Waals surface area contributed by atoms with E-state index in [0.717, 1.165) is 19.6 Å². The standard InChI is InChI=1S/C20H29N5/c1-17-5-2-3-7-20(17)25-11-9-24(10-12-25)19-6-4-8-23(15-19)14-18-13-21-16-22-18/h2-3,5,7,13,16,19H,4,6,8-12,14-15H2,1H3,(H,21,22). The number of imidazole rings is 1. The van der Waals surface area contributed by atoms with Gasteiger partial charge in [0.05, 0.1) is 6.33 Å². The third-order valence-electron chi connectivity index (χ3n) is 5.72. The topological polar surface area (TPSA) is 38.4 Å². The van der Waals surface area contributed by atoms with Crippen LogP contribution in [0.15, 0.2) is 36.8 Å². The molecule has 2 fully saturated rings. The molecule has 2 aliphatic rings. The summed E-state index contributed by atoms with van der Waals surface area (Å²) in [4.78, 5) is 15.2. The normalized spacial score (nSPS) is 23.1. The lowest BCUT2D eigenvalue weighted by Gasteiger charge is -2.44. The van der Waals surface area contributed by atoms with Gasteiger partial charge in [0.1, 0.15) is 0 Å². The van der Waals surface area contributed by atoms with Gasteiger partial charge in [-0.1, -0.05) is 18.2 Å². The molecule has 0 bridgehead atoms. The first-order valence-corrected chi connectivity index (χ1v) is 9.54. The lowest BCUT2D eigenvalue weighted by molar-refractivity contribution is 0.0881. The number of nitrogens with one attached hydrogen (secondary N) is 1. The third kappa shape index (κ3) is 3.88. The molecule has 3 heterocycles. The van der Waals surface area contributed by atoms with Crippen LogP contribution in [-0.2, 0) is 6.54 Å². The fourth-order valence-corrected chi connectivity index (χ4v) is 4.33. The Labute approximate surface area is 150 Å². The summed E-state index contributed by atoms with van der Waals surface area (Å²) in [5, 5.41) is 0. The molecular formula is C20H29N5. The maximum Gasteiger partial charge on any atom is 0.0922 e. The summed E-state index contributed by atoms with van der Waals surface area (Å²) in [5.41, 5.74) is 4.02. The molecule has 1 atom stereocenters. The number of H-pyrrole nitrogens is 1. The van der Waals surface area contributed by atoms with E-state index in [1.807, 2.05) is 6.20 Å². The zero-order chi connectivity index (χ0) is 17.1. The fourth-order valence-electron chi connectivity index (χ4n) is 4.33. The Bertz CT molecular complexity index is 660. The number of nitrogens with zero attached hydrogens (tertiary/aromatic N) is 4. The van der Waals surface area contributed by atoms with Gasteiger partial charge in [0.15, 0.2) is 0 Å². The van der Waals surface area contributed by atoms with Gasteiger partial charge in [-0.05, 0) is 37.9 Å². The van der Waals surface area contributed by atoms with Crippen molar-refractivity contribution in [2.75, 3.05) is 44.2 Å². The van der Waals surface area contributed by atoms with Gasteiger partial charge in [-0.2, -0.15) is 0 Å². The molecule has 0 amide bonds. The molecular weight excluding hydrogens is 310 g/mol. The van der Waals surface area contributed by atoms with Crippen LogP contribution in [0.2, 0.25) is 0 Å². The van der Waals surface area contributed by atoms with E-state index in [4.69, 9.17) is 0 Å². The average Bonchev–Trinajstić information content (AvgIpc) is 3.16. The summed E-state index contributed by atoms with van der Waals surface area (Å²) in [6.07, 6.45) is 6.37. The highest BCUT2D eigenvalue weighted by atomic mass is 15.3. The van der Waals surface area contributed by atoms with Crippen molar-refractivity contribution in [2.24, 2.45) is 0 Å². The first kappa shape index (κ1) is 16.6. The Morgan fingerprint density at radius 1 is 1.12 bits per heavy atom. The summed E-state index contributed by atoms with van der Waals surface area (Å²) in [5.74, 6) is 0. The van der Waals surface area contributed by atoms with Crippen LogP contribution in [0.25, 0.3) is 0 Å². The van der Waals surface area contributed by atoms with Gasteiger partial charge >= 0.3 is 0 Å². The van der Waals surface area contributed by atoms with Crippen molar-refractivity contribution in [3.8, 4) is 0 Å². The SMILES string of the molecule is Cc1ccccc1N1CCN(C2CCCN(Cc3cnc[nH]3)C2)CC1. The molecule has 4 rings (SSSR count). The number of aryl methyl sites for hydroxylation is 1. The van der Waals surface area contributed by atoms with Crippen molar-refractivity contribution in [3.05, 3.63) is 48.0 Å². The largest absolute Gasteiger partial charge is 0.369 e. The minimum atomic E-state index is 0.704. The van der Waals surface area contributed by atoms with Crippen LogP contribution in [0.4, 0.5) is 5.69 Å². The number of anilines is 1. The first-order chi connectivity index (χ1) is 12.3. The second-order valence-electron chi connectivity index (χ2n) is 7.42. The molecule has 1 N–H and O–H groups in total. The van der Waals surface area contributed by atoms with Crippen molar-refractivity contribution in [2.45, 2.75) is 32.4 Å². The zero-order valence-electron chi connectivity index (χ0n) is 15.2. The van der Waals surface area contributed by atoms with Crippen molar-refractivity contribution in [1.82, 2.24) is 19.8 Å². The molecule has 1 unspecified atom stereocenters. The second kappa shape index (κ2) is 7.58. The maximum absolute atomic E-state index is 4.14. The van der Waals surface area contributed by atoms with E-state index in [2.05, 4.69) is 55.9 Å². The van der Waals surface area contributed by atoms with Gasteiger partial charge in [0, 0.05) is 62.9 Å². The molecule has 25 heavy (non-hydrogen) atoms. The van der Waals surface area contributed by atoms with E-state index in [-0.39, 0.29) is 0 Å². The van der Waals surface area contributed by atoms with E-state index in [1.54, 1.807) is 6.33 Å². The Balaban J connectivity index is 1.32. The highest BCUT2D eigenvalue weighted by Gasteiger charge is 2.28. The van der Waals surface area contributed by atoms with E-state index < -0.39 is 0 Å². The number of benzene rings is 1. The number of likely N-dealkylation sites (tertiary alicyclic amines) is 1. The van der Waals surface area contributed by atoms with Gasteiger partial charge in [-0.25, -0.2) is 4.98 Å². The Kier molecular flexibility index (Phi) is 5.04. The number of hydrogen-bond donors (Lipinski definition) is 1. The highest BCUT2D eigenvalue weighted by Crippen LogP contribution is 2.23. The van der Waals surface area contributed by atoms with E-state index >= 15 is 0 Å². The third-order valence-corrected chi connectivity index (χ3v) is 5.72. The van der Waals surface area contributed by atoms with Crippen LogP contribution < -0.4 is 4.90 Å². The van der Waals surface area contributed by atoms with Gasteiger partial charge in [0.2, 0.25) is 0 Å². The summed E-state index contributed by atoms with van der Waals surface area (Å²) in [6, 6.07) is 9.47. The predicted molar refractivity (Wildman–Crippen MR) is 102 cm³/mol. The Morgan fingerprint density at radius 3 is 2.72 bits per heavy atom. The van der Waals surface area contributed by atoms with Crippen LogP contribution in [-0.4, -0.2) is 65.1 Å². The first-order valence-electron chi connectivity index (χ1n) is 9.54. The highest BCUT2D eigenvalue weighted by molar-refractivity contribution is 5.53. The molecule has 0 saturated carbocycles. The molecule has 5 nitrogen and oxygen atoms in total. The number of para-hydroxylation sites is 1. The monoisotopic (exact) mass is 339 g/mol. The van der Waals surface area contributed by atoms with Gasteiger partial charge in [0.25, 0.3) is 0 Å². The summed E-state index contributed by atoms with van der Waals surface area (Å²) in [7, 11) is 0. The lowest BCUT2D eigenvalue weighted by atomic mass is 10.0. The predicted octanol–water partition coefficient (Wildman–Crippen LogP) is 2.50. The number of aromatic amines is 1. The number of piperazine rings is 1. The number of piperidine rings is 1. The quantitative estimate of drug-likeness (QED) is 0.929. The molecule has 2 aliphatic heterocycles. The minimum Gasteiger partial charge on any atom is -0.369 e. The average molecular weight is 339 g/mol. The van der Waals surface area contributed by atoms with Gasteiger partial charge in [-0.15, -0.1) is 0 Å². The summed E-state index contributed by atoms with van der Waals surface area (Å²) in [6.45, 7) is 10.2. The molecule has 1 aromatic carbocycles. The second-order valence-corrected chi connectivity index (χ2v) is 7.42. The molecule has 1 aromatic heterocycles. The lowest BCUT2D eigenvalue weighted by Crippen LogP contribution is -2.55. The molecule has 134 valence electrons. The van der Waals surface area contributed by atoms with Crippen LogP contribution in [0.3, 0.4) is 0 Å². The summed E-state index contributed by atoms with van der Waals surface area (Å²) >= 11 is 0. The fraction of sp³-hybridized carbons (Fsp3) is 0.550. The maximum atomic E-state index is 4.14. The molecule has 5 heteroatoms. The van der Waals surface area contributed by atoms with Crippen molar-refractivity contribution in [3.63, 3.8) is 0 Å². The minimum absolute atomic E-state index is 0.704. The Morgan fingerprint density at radius 2 is 1.96 bits per heavy atom. The van der Waals surface area contributed by atoms with Crippen molar-refractivity contribution >= 4 is 5.69 Å². The molecule has 2 aromatic rings. The van der Waals surface area contributed by atoms with Gasteiger partial charge in [-0.3, -0.25) is 9.80 Å². The molecule has 0 aliphatic carbocycles.